The molecule has 1 saturated heterocycles. The first-order valence-corrected chi connectivity index (χ1v) is 5.34. The van der Waals surface area contributed by atoms with Crippen LogP contribution in [0.25, 0.3) is 0 Å². The van der Waals surface area contributed by atoms with Gasteiger partial charge in [-0.25, -0.2) is 9.18 Å². The van der Waals surface area contributed by atoms with E-state index in [2.05, 4.69) is 0 Å². The molecule has 1 amide bonds. The number of carboxylic acid groups (broad SMARTS) is 1. The number of carbonyl (C=O) groups excluding carboxylic acids is 1. The van der Waals surface area contributed by atoms with Crippen LogP contribution in [0.15, 0.2) is 0 Å². The Hall–Kier alpha value is -1.13. The summed E-state index contributed by atoms with van der Waals surface area (Å²) in [7, 11) is 0. The van der Waals surface area contributed by atoms with Crippen LogP contribution < -0.4 is 0 Å². The lowest BCUT2D eigenvalue weighted by Crippen LogP contribution is -2.47. The Morgan fingerprint density at radius 2 is 1.88 bits per heavy atom. The summed E-state index contributed by atoms with van der Waals surface area (Å²) in [6.07, 6.45) is -1.26. The molecule has 3 atom stereocenters. The first kappa shape index (κ1) is 12.9. The molecule has 4 nitrogen and oxygen atoms in total. The largest absolute Gasteiger partial charge is 0.480 e. The number of aliphatic carboxylic acids is 1. The van der Waals surface area contributed by atoms with Gasteiger partial charge in [-0.2, -0.15) is 0 Å². The van der Waals surface area contributed by atoms with Gasteiger partial charge in [0.2, 0.25) is 5.91 Å². The SMILES string of the molecule is C[C@H]1[C@H](F)CN(C(=O)C(C)(C)C)[C@@H]1C(=O)O. The van der Waals surface area contributed by atoms with E-state index in [-0.39, 0.29) is 12.5 Å². The van der Waals surface area contributed by atoms with E-state index in [1.165, 1.54) is 6.92 Å². The van der Waals surface area contributed by atoms with Crippen molar-refractivity contribution in [1.82, 2.24) is 4.90 Å². The minimum absolute atomic E-state index is 0.117. The number of carboxylic acids is 1. The highest BCUT2D eigenvalue weighted by atomic mass is 19.1. The normalized spacial score (nSPS) is 30.6. The van der Waals surface area contributed by atoms with Crippen LogP contribution in [0.4, 0.5) is 4.39 Å². The molecule has 1 aliphatic rings. The third-order valence-corrected chi connectivity index (χ3v) is 2.93. The van der Waals surface area contributed by atoms with E-state index < -0.39 is 29.5 Å². The van der Waals surface area contributed by atoms with Crippen molar-refractivity contribution in [3.63, 3.8) is 0 Å². The van der Waals surface area contributed by atoms with Crippen LogP contribution in [-0.2, 0) is 9.59 Å². The molecule has 0 aromatic rings. The average molecular weight is 231 g/mol. The summed E-state index contributed by atoms with van der Waals surface area (Å²) in [6.45, 7) is 6.51. The van der Waals surface area contributed by atoms with Gasteiger partial charge in [0.1, 0.15) is 12.2 Å². The summed E-state index contributed by atoms with van der Waals surface area (Å²) in [6, 6.07) is -1.04. The van der Waals surface area contributed by atoms with Crippen LogP contribution in [0.5, 0.6) is 0 Å². The highest BCUT2D eigenvalue weighted by molar-refractivity contribution is 5.87. The van der Waals surface area contributed by atoms with Crippen molar-refractivity contribution in [2.75, 3.05) is 6.54 Å². The highest BCUT2D eigenvalue weighted by Gasteiger charge is 2.47. The monoisotopic (exact) mass is 231 g/mol. The summed E-state index contributed by atoms with van der Waals surface area (Å²) in [5, 5.41) is 9.03. The van der Waals surface area contributed by atoms with Crippen molar-refractivity contribution in [1.29, 1.82) is 0 Å². The second-order valence-corrected chi connectivity index (χ2v) is 5.37. The van der Waals surface area contributed by atoms with Crippen LogP contribution in [0, 0.1) is 11.3 Å². The zero-order valence-corrected chi connectivity index (χ0v) is 10.0. The summed E-state index contributed by atoms with van der Waals surface area (Å²) in [5.41, 5.74) is -0.683. The second-order valence-electron chi connectivity index (χ2n) is 5.37. The fourth-order valence-electron chi connectivity index (χ4n) is 1.95. The van der Waals surface area contributed by atoms with Gasteiger partial charge in [0.25, 0.3) is 0 Å². The number of hydrogen-bond donors (Lipinski definition) is 1. The molecule has 1 N–H and O–H groups in total. The number of halogens is 1. The van der Waals surface area contributed by atoms with Crippen molar-refractivity contribution in [2.45, 2.75) is 39.9 Å². The van der Waals surface area contributed by atoms with Crippen LogP contribution in [0.2, 0.25) is 0 Å². The molecule has 0 aromatic carbocycles. The zero-order valence-electron chi connectivity index (χ0n) is 10.0. The number of rotatable bonds is 1. The van der Waals surface area contributed by atoms with Gasteiger partial charge in [-0.1, -0.05) is 27.7 Å². The maximum absolute atomic E-state index is 13.5. The Morgan fingerprint density at radius 3 is 2.25 bits per heavy atom. The van der Waals surface area contributed by atoms with Gasteiger partial charge in [0.15, 0.2) is 0 Å². The summed E-state index contributed by atoms with van der Waals surface area (Å²) >= 11 is 0. The molecule has 0 unspecified atom stereocenters. The molecule has 1 fully saturated rings. The summed E-state index contributed by atoms with van der Waals surface area (Å²) in [4.78, 5) is 24.2. The number of hydrogen-bond acceptors (Lipinski definition) is 2. The molecule has 0 spiro atoms. The first-order valence-electron chi connectivity index (χ1n) is 5.34. The summed E-state index contributed by atoms with van der Waals surface area (Å²) in [5.74, 6) is -2.10. The fraction of sp³-hybridized carbons (Fsp3) is 0.818. The van der Waals surface area contributed by atoms with Gasteiger partial charge < -0.3 is 10.0 Å². The average Bonchev–Trinajstić information content (AvgIpc) is 2.40. The standard InChI is InChI=1S/C11H18FNO3/c1-6-7(12)5-13(8(6)9(14)15)10(16)11(2,3)4/h6-8H,5H2,1-4H3,(H,14,15)/t6-,7+,8-/m0/s1. The molecule has 0 aromatic heterocycles. The molecule has 0 aliphatic carbocycles. The molecule has 1 heterocycles. The predicted octanol–water partition coefficient (Wildman–Crippen LogP) is 1.30. The molecule has 5 heteroatoms. The van der Waals surface area contributed by atoms with Crippen LogP contribution in [0.1, 0.15) is 27.7 Å². The number of amides is 1. The van der Waals surface area contributed by atoms with Crippen LogP contribution in [0.3, 0.4) is 0 Å². The zero-order chi connectivity index (χ0) is 12.7. The highest BCUT2D eigenvalue weighted by Crippen LogP contribution is 2.31. The first-order chi connectivity index (χ1) is 7.16. The maximum atomic E-state index is 13.5. The van der Waals surface area contributed by atoms with Gasteiger partial charge in [-0.05, 0) is 0 Å². The lowest BCUT2D eigenvalue weighted by atomic mass is 9.93. The number of likely N-dealkylation sites (tertiary alicyclic amines) is 1. The Labute approximate surface area is 94.4 Å². The van der Waals surface area contributed by atoms with E-state index >= 15 is 0 Å². The van der Waals surface area contributed by atoms with Gasteiger partial charge in [0.05, 0.1) is 6.54 Å². The van der Waals surface area contributed by atoms with Crippen molar-refractivity contribution in [3.8, 4) is 0 Å². The molecule has 0 bridgehead atoms. The van der Waals surface area contributed by atoms with Crippen LogP contribution >= 0.6 is 0 Å². The second kappa shape index (κ2) is 4.03. The minimum atomic E-state index is -1.26. The van der Waals surface area contributed by atoms with E-state index in [4.69, 9.17) is 5.11 Å². The fourth-order valence-corrected chi connectivity index (χ4v) is 1.95. The maximum Gasteiger partial charge on any atom is 0.326 e. The molecule has 16 heavy (non-hydrogen) atoms. The molecule has 92 valence electrons. The molecule has 0 radical (unpaired) electrons. The summed E-state index contributed by atoms with van der Waals surface area (Å²) < 4.78 is 13.5. The smallest absolute Gasteiger partial charge is 0.326 e. The lowest BCUT2D eigenvalue weighted by Gasteiger charge is -2.29. The van der Waals surface area contributed by atoms with Crippen molar-refractivity contribution >= 4 is 11.9 Å². The number of alkyl halides is 1. The number of nitrogens with zero attached hydrogens (tertiary/aromatic N) is 1. The van der Waals surface area contributed by atoms with Gasteiger partial charge in [-0.15, -0.1) is 0 Å². The number of carbonyl (C=O) groups is 2. The van der Waals surface area contributed by atoms with Gasteiger partial charge >= 0.3 is 5.97 Å². The molecule has 0 saturated carbocycles. The van der Waals surface area contributed by atoms with Crippen molar-refractivity contribution in [3.05, 3.63) is 0 Å². The molecular formula is C11H18FNO3. The topological polar surface area (TPSA) is 57.6 Å². The van der Waals surface area contributed by atoms with E-state index in [0.29, 0.717) is 0 Å². The van der Waals surface area contributed by atoms with Crippen molar-refractivity contribution in [2.24, 2.45) is 11.3 Å². The van der Waals surface area contributed by atoms with E-state index in [0.717, 1.165) is 4.90 Å². The quantitative estimate of drug-likeness (QED) is 0.740. The Kier molecular flexibility index (Phi) is 3.26. The molecule has 1 aliphatic heterocycles. The van der Waals surface area contributed by atoms with E-state index in [1.54, 1.807) is 20.8 Å². The van der Waals surface area contributed by atoms with Crippen LogP contribution in [-0.4, -0.2) is 40.6 Å². The van der Waals surface area contributed by atoms with E-state index in [9.17, 15) is 14.0 Å². The lowest BCUT2D eigenvalue weighted by molar-refractivity contribution is -0.152. The minimum Gasteiger partial charge on any atom is -0.480 e. The Balaban J connectivity index is 2.96. The Bertz CT molecular complexity index is 311. The van der Waals surface area contributed by atoms with Gasteiger partial charge in [-0.3, -0.25) is 4.79 Å². The molecule has 1 rings (SSSR count). The third-order valence-electron chi connectivity index (χ3n) is 2.93. The molecular weight excluding hydrogens is 213 g/mol. The Morgan fingerprint density at radius 1 is 1.38 bits per heavy atom. The van der Waals surface area contributed by atoms with Gasteiger partial charge in [0, 0.05) is 11.3 Å². The predicted molar refractivity (Wildman–Crippen MR) is 56.7 cm³/mol. The third kappa shape index (κ3) is 2.18. The van der Waals surface area contributed by atoms with Crippen molar-refractivity contribution < 1.29 is 19.1 Å². The van der Waals surface area contributed by atoms with E-state index in [1.807, 2.05) is 0 Å².